The zero-order chi connectivity index (χ0) is 14.0. The van der Waals surface area contributed by atoms with Crippen LogP contribution in [0.2, 0.25) is 0 Å². The Labute approximate surface area is 118 Å². The monoisotopic (exact) mass is 282 g/mol. The largest absolute Gasteiger partial charge is 0.476 e. The van der Waals surface area contributed by atoms with Crippen LogP contribution in [0.25, 0.3) is 0 Å². The number of rotatable bonds is 3. The fraction of sp³-hybridized carbons (Fsp3) is 0.714. The second-order valence-electron chi connectivity index (χ2n) is 5.63. The van der Waals surface area contributed by atoms with Gasteiger partial charge < -0.3 is 10.0 Å². The van der Waals surface area contributed by atoms with E-state index < -0.39 is 5.97 Å². The Morgan fingerprint density at radius 3 is 2.74 bits per heavy atom. The summed E-state index contributed by atoms with van der Waals surface area (Å²) in [5, 5.41) is 9.95. The van der Waals surface area contributed by atoms with Gasteiger partial charge in [0.1, 0.15) is 0 Å². The number of hydrogen-bond donors (Lipinski definition) is 1. The molecule has 0 aromatic carbocycles. The van der Waals surface area contributed by atoms with Crippen LogP contribution in [0.5, 0.6) is 0 Å². The third kappa shape index (κ3) is 3.26. The van der Waals surface area contributed by atoms with Crippen molar-refractivity contribution in [3.05, 3.63) is 10.6 Å². The number of nitrogens with zero attached hydrogens (tertiary/aromatic N) is 2. The van der Waals surface area contributed by atoms with E-state index in [0.717, 1.165) is 34.9 Å². The molecule has 1 aliphatic heterocycles. The predicted molar refractivity (Wildman–Crippen MR) is 78.2 cm³/mol. The van der Waals surface area contributed by atoms with E-state index in [1.54, 1.807) is 0 Å². The van der Waals surface area contributed by atoms with E-state index in [2.05, 4.69) is 23.7 Å². The number of carboxylic acid groups (broad SMARTS) is 1. The zero-order valence-electron chi connectivity index (χ0n) is 11.8. The third-order valence-corrected chi connectivity index (χ3v) is 5.01. The molecule has 0 saturated carbocycles. The molecule has 0 amide bonds. The summed E-state index contributed by atoms with van der Waals surface area (Å²) in [5.74, 6) is 0.590. The Hall–Kier alpha value is -1.10. The molecule has 1 saturated heterocycles. The first-order valence-electron chi connectivity index (χ1n) is 6.94. The summed E-state index contributed by atoms with van der Waals surface area (Å²) in [6.07, 6.45) is 3.62. The van der Waals surface area contributed by atoms with Gasteiger partial charge in [0.2, 0.25) is 0 Å². The first-order chi connectivity index (χ1) is 8.99. The summed E-state index contributed by atoms with van der Waals surface area (Å²) < 4.78 is 0. The summed E-state index contributed by atoms with van der Waals surface area (Å²) in [6.45, 7) is 8.40. The van der Waals surface area contributed by atoms with Gasteiger partial charge in [0.25, 0.3) is 0 Å². The van der Waals surface area contributed by atoms with Crippen molar-refractivity contribution < 1.29 is 9.90 Å². The van der Waals surface area contributed by atoms with Gasteiger partial charge in [-0.25, -0.2) is 9.78 Å². The molecule has 2 heterocycles. The van der Waals surface area contributed by atoms with Gasteiger partial charge in [-0.15, -0.1) is 11.3 Å². The Morgan fingerprint density at radius 1 is 1.42 bits per heavy atom. The predicted octanol–water partition coefficient (Wildman–Crippen LogP) is 3.41. The minimum absolute atomic E-state index is 0.213. The van der Waals surface area contributed by atoms with Crippen molar-refractivity contribution in [3.63, 3.8) is 0 Å². The van der Waals surface area contributed by atoms with Crippen LogP contribution in [0.15, 0.2) is 0 Å². The van der Waals surface area contributed by atoms with Crippen molar-refractivity contribution in [2.45, 2.75) is 40.0 Å². The topological polar surface area (TPSA) is 53.4 Å². The standard InChI is InChI=1S/C14H22N2O2S/c1-9(2)11-5-4-7-16(8-6-11)14-15-12(13(17)18)10(3)19-14/h9,11H,4-8H2,1-3H3,(H,17,18). The number of aromatic nitrogens is 1. The van der Waals surface area contributed by atoms with Crippen molar-refractivity contribution >= 4 is 22.4 Å². The van der Waals surface area contributed by atoms with Crippen molar-refractivity contribution in [3.8, 4) is 0 Å². The van der Waals surface area contributed by atoms with Gasteiger partial charge in [0, 0.05) is 18.0 Å². The average molecular weight is 282 g/mol. The van der Waals surface area contributed by atoms with Gasteiger partial charge >= 0.3 is 5.97 Å². The molecule has 1 aliphatic rings. The lowest BCUT2D eigenvalue weighted by atomic mass is 9.89. The lowest BCUT2D eigenvalue weighted by Gasteiger charge is -2.20. The van der Waals surface area contributed by atoms with Gasteiger partial charge in [0.15, 0.2) is 10.8 Å². The zero-order valence-corrected chi connectivity index (χ0v) is 12.7. The number of thiazole rings is 1. The number of carboxylic acids is 1. The first-order valence-corrected chi connectivity index (χ1v) is 7.76. The normalized spacial score (nSPS) is 20.6. The molecule has 1 atom stereocenters. The first kappa shape index (κ1) is 14.3. The molecular weight excluding hydrogens is 260 g/mol. The van der Waals surface area contributed by atoms with E-state index in [9.17, 15) is 4.79 Å². The highest BCUT2D eigenvalue weighted by Gasteiger charge is 2.23. The van der Waals surface area contributed by atoms with Crippen LogP contribution in [0.3, 0.4) is 0 Å². The van der Waals surface area contributed by atoms with Crippen LogP contribution in [-0.4, -0.2) is 29.1 Å². The highest BCUT2D eigenvalue weighted by molar-refractivity contribution is 7.15. The molecule has 1 unspecified atom stereocenters. The van der Waals surface area contributed by atoms with E-state index in [4.69, 9.17) is 5.11 Å². The molecule has 106 valence electrons. The van der Waals surface area contributed by atoms with Crippen LogP contribution in [0.4, 0.5) is 5.13 Å². The second kappa shape index (κ2) is 5.90. The molecular formula is C14H22N2O2S. The van der Waals surface area contributed by atoms with Gasteiger partial charge in [-0.1, -0.05) is 13.8 Å². The number of aromatic carboxylic acids is 1. The van der Waals surface area contributed by atoms with Gasteiger partial charge in [-0.05, 0) is 38.0 Å². The molecule has 0 aliphatic carbocycles. The molecule has 2 rings (SSSR count). The Kier molecular flexibility index (Phi) is 4.45. The summed E-state index contributed by atoms with van der Waals surface area (Å²) in [7, 11) is 0. The highest BCUT2D eigenvalue weighted by Crippen LogP contribution is 2.30. The molecule has 19 heavy (non-hydrogen) atoms. The maximum absolute atomic E-state index is 11.1. The summed E-state index contributed by atoms with van der Waals surface area (Å²) in [6, 6.07) is 0. The van der Waals surface area contributed by atoms with Crippen molar-refractivity contribution in [2.75, 3.05) is 18.0 Å². The fourth-order valence-corrected chi connectivity index (χ4v) is 3.65. The number of aryl methyl sites for hydroxylation is 1. The molecule has 1 aromatic heterocycles. The van der Waals surface area contributed by atoms with Gasteiger partial charge in [-0.3, -0.25) is 0 Å². The summed E-state index contributed by atoms with van der Waals surface area (Å²) >= 11 is 1.50. The van der Waals surface area contributed by atoms with Crippen LogP contribution in [0.1, 0.15) is 48.5 Å². The van der Waals surface area contributed by atoms with Gasteiger partial charge in [0.05, 0.1) is 0 Å². The molecule has 1 N–H and O–H groups in total. The lowest BCUT2D eigenvalue weighted by molar-refractivity contribution is 0.0690. The smallest absolute Gasteiger partial charge is 0.355 e. The molecule has 4 nitrogen and oxygen atoms in total. The van der Waals surface area contributed by atoms with E-state index in [-0.39, 0.29) is 5.69 Å². The molecule has 0 radical (unpaired) electrons. The molecule has 1 fully saturated rings. The van der Waals surface area contributed by atoms with Crippen LogP contribution in [0, 0.1) is 18.8 Å². The van der Waals surface area contributed by atoms with Crippen molar-refractivity contribution in [1.82, 2.24) is 4.98 Å². The Morgan fingerprint density at radius 2 is 2.16 bits per heavy atom. The maximum atomic E-state index is 11.1. The minimum atomic E-state index is -0.921. The van der Waals surface area contributed by atoms with E-state index >= 15 is 0 Å². The summed E-state index contributed by atoms with van der Waals surface area (Å²) in [5.41, 5.74) is 0.213. The maximum Gasteiger partial charge on any atom is 0.355 e. The van der Waals surface area contributed by atoms with E-state index in [1.165, 1.54) is 30.6 Å². The molecule has 1 aromatic rings. The van der Waals surface area contributed by atoms with Crippen molar-refractivity contribution in [2.24, 2.45) is 11.8 Å². The Balaban J connectivity index is 2.10. The quantitative estimate of drug-likeness (QED) is 0.923. The Bertz CT molecular complexity index is 456. The number of carbonyl (C=O) groups is 1. The number of hydrogen-bond acceptors (Lipinski definition) is 4. The van der Waals surface area contributed by atoms with Crippen LogP contribution in [-0.2, 0) is 0 Å². The molecule has 0 bridgehead atoms. The minimum Gasteiger partial charge on any atom is -0.476 e. The van der Waals surface area contributed by atoms with E-state index in [1.807, 2.05) is 6.92 Å². The molecule has 5 heteroatoms. The highest BCUT2D eigenvalue weighted by atomic mass is 32.1. The van der Waals surface area contributed by atoms with E-state index in [0.29, 0.717) is 0 Å². The van der Waals surface area contributed by atoms with Gasteiger partial charge in [-0.2, -0.15) is 0 Å². The van der Waals surface area contributed by atoms with Crippen LogP contribution < -0.4 is 4.90 Å². The fourth-order valence-electron chi connectivity index (χ4n) is 2.70. The second-order valence-corrected chi connectivity index (χ2v) is 6.81. The summed E-state index contributed by atoms with van der Waals surface area (Å²) in [4.78, 5) is 18.4. The lowest BCUT2D eigenvalue weighted by Crippen LogP contribution is -2.24. The third-order valence-electron chi connectivity index (χ3n) is 3.97. The van der Waals surface area contributed by atoms with Crippen molar-refractivity contribution in [1.29, 1.82) is 0 Å². The number of anilines is 1. The average Bonchev–Trinajstić information content (AvgIpc) is 2.59. The SMILES string of the molecule is Cc1sc(N2CCCC(C(C)C)CC2)nc1C(=O)O. The van der Waals surface area contributed by atoms with Crippen LogP contribution >= 0.6 is 11.3 Å². The molecule has 0 spiro atoms.